The highest BCUT2D eigenvalue weighted by Gasteiger charge is 2.04. The van der Waals surface area contributed by atoms with Gasteiger partial charge in [-0.25, -0.2) is 0 Å². The Kier molecular flexibility index (Phi) is 5.01. The number of furan rings is 1. The Hall–Kier alpha value is -2.53. The molecular formula is C19H16BrNO3. The van der Waals surface area contributed by atoms with Gasteiger partial charge in [0.05, 0.1) is 7.11 Å². The van der Waals surface area contributed by atoms with Crippen molar-refractivity contribution in [3.05, 3.63) is 70.4 Å². The van der Waals surface area contributed by atoms with E-state index in [4.69, 9.17) is 9.15 Å². The predicted octanol–water partition coefficient (Wildman–Crippen LogP) is 4.53. The van der Waals surface area contributed by atoms with Gasteiger partial charge in [0.2, 0.25) is 5.91 Å². The summed E-state index contributed by atoms with van der Waals surface area (Å²) in [4.78, 5) is 12.0. The maximum atomic E-state index is 12.0. The van der Waals surface area contributed by atoms with Gasteiger partial charge in [0, 0.05) is 28.0 Å². The Morgan fingerprint density at radius 3 is 2.92 bits per heavy atom. The molecular weight excluding hydrogens is 370 g/mol. The van der Waals surface area contributed by atoms with Gasteiger partial charge in [0.15, 0.2) is 0 Å². The van der Waals surface area contributed by atoms with Gasteiger partial charge < -0.3 is 14.5 Å². The Morgan fingerprint density at radius 2 is 2.08 bits per heavy atom. The molecule has 5 heteroatoms. The molecule has 2 aromatic carbocycles. The number of rotatable bonds is 5. The fourth-order valence-electron chi connectivity index (χ4n) is 2.36. The molecule has 122 valence electrons. The number of amides is 1. The molecule has 4 nitrogen and oxygen atoms in total. The number of carbonyl (C=O) groups excluding carboxylic acids is 1. The third-order valence-corrected chi connectivity index (χ3v) is 4.04. The molecule has 1 amide bonds. The summed E-state index contributed by atoms with van der Waals surface area (Å²) in [7, 11) is 1.61. The van der Waals surface area contributed by atoms with E-state index >= 15 is 0 Å². The number of halogens is 1. The summed E-state index contributed by atoms with van der Waals surface area (Å²) in [5.41, 5.74) is 1.71. The van der Waals surface area contributed by atoms with Crippen molar-refractivity contribution in [2.75, 3.05) is 7.11 Å². The minimum absolute atomic E-state index is 0.192. The fraction of sp³-hybridized carbons (Fsp3) is 0.105. The van der Waals surface area contributed by atoms with Crippen molar-refractivity contribution in [3.63, 3.8) is 0 Å². The van der Waals surface area contributed by atoms with Crippen LogP contribution in [0, 0.1) is 0 Å². The van der Waals surface area contributed by atoms with E-state index in [0.29, 0.717) is 12.3 Å². The molecule has 0 fully saturated rings. The van der Waals surface area contributed by atoms with Crippen molar-refractivity contribution in [1.29, 1.82) is 0 Å². The minimum atomic E-state index is -0.192. The van der Waals surface area contributed by atoms with Crippen LogP contribution in [-0.4, -0.2) is 13.0 Å². The van der Waals surface area contributed by atoms with E-state index in [-0.39, 0.29) is 5.91 Å². The lowest BCUT2D eigenvalue weighted by atomic mass is 10.2. The van der Waals surface area contributed by atoms with Crippen LogP contribution in [0.4, 0.5) is 0 Å². The monoisotopic (exact) mass is 385 g/mol. The molecule has 1 N–H and O–H groups in total. The zero-order valence-corrected chi connectivity index (χ0v) is 14.7. The largest absolute Gasteiger partial charge is 0.496 e. The molecule has 3 rings (SSSR count). The fourth-order valence-corrected chi connectivity index (χ4v) is 2.74. The number of carbonyl (C=O) groups is 1. The summed E-state index contributed by atoms with van der Waals surface area (Å²) < 4.78 is 11.9. The minimum Gasteiger partial charge on any atom is -0.496 e. The Labute approximate surface area is 148 Å². The van der Waals surface area contributed by atoms with Crippen molar-refractivity contribution in [2.24, 2.45) is 0 Å². The Bertz CT molecular complexity index is 899. The van der Waals surface area contributed by atoms with Crippen molar-refractivity contribution >= 4 is 38.9 Å². The van der Waals surface area contributed by atoms with Crippen LogP contribution in [-0.2, 0) is 11.3 Å². The van der Waals surface area contributed by atoms with E-state index in [1.807, 2.05) is 48.5 Å². The molecule has 0 aliphatic carbocycles. The second-order valence-corrected chi connectivity index (χ2v) is 6.11. The molecule has 0 saturated heterocycles. The van der Waals surface area contributed by atoms with Gasteiger partial charge in [0.25, 0.3) is 0 Å². The standard InChI is InChI=1S/C19H16BrNO3/c1-23-17-5-3-2-4-13(17)12-21-19(22)9-7-16-11-14-10-15(20)6-8-18(14)24-16/h2-11H,12H2,1H3,(H,21,22)/b9-7+. The number of nitrogens with one attached hydrogen (secondary N) is 1. The molecule has 24 heavy (non-hydrogen) atoms. The molecule has 0 radical (unpaired) electrons. The molecule has 0 aliphatic rings. The molecule has 0 bridgehead atoms. The average Bonchev–Trinajstić information content (AvgIpc) is 3.00. The number of methoxy groups -OCH3 is 1. The lowest BCUT2D eigenvalue weighted by Gasteiger charge is -2.08. The first-order valence-electron chi connectivity index (χ1n) is 7.42. The molecule has 1 heterocycles. The van der Waals surface area contributed by atoms with Crippen LogP contribution >= 0.6 is 15.9 Å². The molecule has 1 aromatic heterocycles. The summed E-state index contributed by atoms with van der Waals surface area (Å²) in [5, 5.41) is 3.82. The summed E-state index contributed by atoms with van der Waals surface area (Å²) in [6.45, 7) is 0.403. The van der Waals surface area contributed by atoms with E-state index in [1.165, 1.54) is 6.08 Å². The summed E-state index contributed by atoms with van der Waals surface area (Å²) in [6, 6.07) is 15.2. The smallest absolute Gasteiger partial charge is 0.244 e. The summed E-state index contributed by atoms with van der Waals surface area (Å²) in [5.74, 6) is 1.20. The lowest BCUT2D eigenvalue weighted by Crippen LogP contribution is -2.20. The van der Waals surface area contributed by atoms with Crippen LogP contribution < -0.4 is 10.1 Å². The van der Waals surface area contributed by atoms with Crippen molar-refractivity contribution < 1.29 is 13.9 Å². The normalized spacial score (nSPS) is 11.1. The molecule has 0 spiro atoms. The van der Waals surface area contributed by atoms with Gasteiger partial charge in [0.1, 0.15) is 17.1 Å². The average molecular weight is 386 g/mol. The molecule has 0 unspecified atom stereocenters. The number of hydrogen-bond donors (Lipinski definition) is 1. The highest BCUT2D eigenvalue weighted by atomic mass is 79.9. The van der Waals surface area contributed by atoms with Crippen molar-refractivity contribution in [2.45, 2.75) is 6.54 Å². The van der Waals surface area contributed by atoms with Crippen LogP contribution in [0.1, 0.15) is 11.3 Å². The van der Waals surface area contributed by atoms with Crippen LogP contribution in [0.3, 0.4) is 0 Å². The van der Waals surface area contributed by atoms with Gasteiger partial charge in [-0.3, -0.25) is 4.79 Å². The highest BCUT2D eigenvalue weighted by molar-refractivity contribution is 9.10. The van der Waals surface area contributed by atoms with Crippen LogP contribution in [0.25, 0.3) is 17.0 Å². The number of ether oxygens (including phenoxy) is 1. The number of hydrogen-bond acceptors (Lipinski definition) is 3. The van der Waals surface area contributed by atoms with E-state index in [0.717, 1.165) is 26.8 Å². The highest BCUT2D eigenvalue weighted by Crippen LogP contribution is 2.24. The molecule has 3 aromatic rings. The van der Waals surface area contributed by atoms with Gasteiger partial charge in [-0.1, -0.05) is 34.1 Å². The zero-order chi connectivity index (χ0) is 16.9. The van der Waals surface area contributed by atoms with Crippen LogP contribution in [0.2, 0.25) is 0 Å². The van der Waals surface area contributed by atoms with E-state index in [1.54, 1.807) is 13.2 Å². The number of fused-ring (bicyclic) bond motifs is 1. The maximum absolute atomic E-state index is 12.0. The SMILES string of the molecule is COc1ccccc1CNC(=O)/C=C/c1cc2cc(Br)ccc2o1. The van der Waals surface area contributed by atoms with E-state index < -0.39 is 0 Å². The summed E-state index contributed by atoms with van der Waals surface area (Å²) in [6.07, 6.45) is 3.12. The van der Waals surface area contributed by atoms with Gasteiger partial charge in [-0.05, 0) is 36.4 Å². The molecule has 0 aliphatic heterocycles. The maximum Gasteiger partial charge on any atom is 0.244 e. The van der Waals surface area contributed by atoms with Crippen LogP contribution in [0.15, 0.2) is 63.5 Å². The topological polar surface area (TPSA) is 51.5 Å². The van der Waals surface area contributed by atoms with Crippen molar-refractivity contribution in [1.82, 2.24) is 5.32 Å². The Balaban J connectivity index is 1.64. The first-order valence-corrected chi connectivity index (χ1v) is 8.22. The second-order valence-electron chi connectivity index (χ2n) is 5.19. The van der Waals surface area contributed by atoms with E-state index in [9.17, 15) is 4.79 Å². The third-order valence-electron chi connectivity index (χ3n) is 3.54. The van der Waals surface area contributed by atoms with E-state index in [2.05, 4.69) is 21.2 Å². The zero-order valence-electron chi connectivity index (χ0n) is 13.1. The molecule has 0 saturated carbocycles. The van der Waals surface area contributed by atoms with Crippen molar-refractivity contribution in [3.8, 4) is 5.75 Å². The predicted molar refractivity (Wildman–Crippen MR) is 97.8 cm³/mol. The first-order chi connectivity index (χ1) is 11.7. The third kappa shape index (κ3) is 3.86. The van der Waals surface area contributed by atoms with Gasteiger partial charge >= 0.3 is 0 Å². The number of benzene rings is 2. The second kappa shape index (κ2) is 7.36. The lowest BCUT2D eigenvalue weighted by molar-refractivity contribution is -0.116. The van der Waals surface area contributed by atoms with Crippen LogP contribution in [0.5, 0.6) is 5.75 Å². The summed E-state index contributed by atoms with van der Waals surface area (Å²) >= 11 is 3.42. The first kappa shape index (κ1) is 16.3. The number of para-hydroxylation sites is 1. The quantitative estimate of drug-likeness (QED) is 0.656. The molecule has 0 atom stereocenters. The Morgan fingerprint density at radius 1 is 1.25 bits per heavy atom. The van der Waals surface area contributed by atoms with Gasteiger partial charge in [-0.15, -0.1) is 0 Å². The van der Waals surface area contributed by atoms with Gasteiger partial charge in [-0.2, -0.15) is 0 Å².